The first-order valence-corrected chi connectivity index (χ1v) is 10.3. The van der Waals surface area contributed by atoms with Crippen LogP contribution in [0.3, 0.4) is 0 Å². The average molecular weight is 437 g/mol. The summed E-state index contributed by atoms with van der Waals surface area (Å²) in [7, 11) is 3.25. The number of nitro groups is 1. The summed E-state index contributed by atoms with van der Waals surface area (Å²) in [6.07, 6.45) is 1.80. The number of furan rings is 1. The Labute approximate surface area is 182 Å². The Morgan fingerprint density at radius 3 is 2.52 bits per heavy atom. The maximum atomic E-state index is 10.9. The van der Waals surface area contributed by atoms with E-state index in [1.807, 2.05) is 53.1 Å². The summed E-state index contributed by atoms with van der Waals surface area (Å²) in [6, 6.07) is 18.4. The summed E-state index contributed by atoms with van der Waals surface area (Å²) in [6.45, 7) is 0. The molecule has 0 fully saturated rings. The van der Waals surface area contributed by atoms with Gasteiger partial charge in [-0.2, -0.15) is 0 Å². The van der Waals surface area contributed by atoms with Gasteiger partial charge in [0.2, 0.25) is 0 Å². The molecule has 0 aliphatic heterocycles. The second-order valence-corrected chi connectivity index (χ2v) is 7.42. The first-order chi connectivity index (χ1) is 15.1. The molecular weight excluding hydrogens is 418 g/mol. The van der Waals surface area contributed by atoms with E-state index in [1.165, 1.54) is 17.8 Å². The van der Waals surface area contributed by atoms with Gasteiger partial charge in [-0.3, -0.25) is 14.7 Å². The van der Waals surface area contributed by atoms with Crippen LogP contribution in [0.25, 0.3) is 16.9 Å². The highest BCUT2D eigenvalue weighted by Crippen LogP contribution is 2.33. The van der Waals surface area contributed by atoms with Gasteiger partial charge in [-0.15, -0.1) is 0 Å². The number of nitrogens with zero attached hydrogens (tertiary/aromatic N) is 3. The average Bonchev–Trinajstić information content (AvgIpc) is 3.45. The molecule has 0 N–H and O–H groups in total. The van der Waals surface area contributed by atoms with Gasteiger partial charge in [0.25, 0.3) is 0 Å². The number of thioether (sulfide) groups is 1. The molecule has 0 spiro atoms. The second kappa shape index (κ2) is 8.97. The minimum atomic E-state index is -0.548. The molecule has 0 amide bonds. The van der Waals surface area contributed by atoms with Gasteiger partial charge < -0.3 is 13.9 Å². The monoisotopic (exact) mass is 437 g/mol. The second-order valence-electron chi connectivity index (χ2n) is 6.48. The zero-order valence-corrected chi connectivity index (χ0v) is 17.7. The van der Waals surface area contributed by atoms with E-state index in [4.69, 9.17) is 13.9 Å². The molecule has 158 valence electrons. The Balaban J connectivity index is 1.71. The fraction of sp³-hybridized carbons (Fsp3) is 0.136. The van der Waals surface area contributed by atoms with Crippen LogP contribution in [0.15, 0.2) is 76.4 Å². The van der Waals surface area contributed by atoms with Crippen LogP contribution in [-0.2, 0) is 5.75 Å². The van der Waals surface area contributed by atoms with Crippen LogP contribution in [0.5, 0.6) is 11.5 Å². The van der Waals surface area contributed by atoms with Crippen molar-refractivity contribution < 1.29 is 18.8 Å². The Hall–Kier alpha value is -3.72. The lowest BCUT2D eigenvalue weighted by atomic mass is 10.1. The van der Waals surface area contributed by atoms with Crippen LogP contribution in [0, 0.1) is 10.1 Å². The molecule has 0 aliphatic carbocycles. The topological polar surface area (TPSA) is 92.6 Å². The molecule has 0 saturated carbocycles. The Morgan fingerprint density at radius 1 is 1.06 bits per heavy atom. The highest BCUT2D eigenvalue weighted by Gasteiger charge is 2.17. The maximum absolute atomic E-state index is 10.9. The van der Waals surface area contributed by atoms with Crippen molar-refractivity contribution in [3.8, 4) is 28.4 Å². The lowest BCUT2D eigenvalue weighted by Crippen LogP contribution is -2.00. The molecule has 0 saturated heterocycles. The molecule has 2 aromatic carbocycles. The number of hydrogen-bond donors (Lipinski definition) is 0. The number of aromatic nitrogens is 2. The van der Waals surface area contributed by atoms with Gasteiger partial charge in [0, 0.05) is 11.6 Å². The molecule has 9 heteroatoms. The van der Waals surface area contributed by atoms with Crippen molar-refractivity contribution in [1.29, 1.82) is 0 Å². The van der Waals surface area contributed by atoms with Crippen LogP contribution < -0.4 is 9.47 Å². The van der Waals surface area contributed by atoms with E-state index in [9.17, 15) is 10.1 Å². The Bertz CT molecular complexity index is 1200. The van der Waals surface area contributed by atoms with Gasteiger partial charge in [-0.1, -0.05) is 17.8 Å². The van der Waals surface area contributed by atoms with Crippen molar-refractivity contribution in [1.82, 2.24) is 9.55 Å². The van der Waals surface area contributed by atoms with E-state index in [1.54, 1.807) is 26.5 Å². The first kappa shape index (κ1) is 20.5. The molecule has 2 heterocycles. The number of rotatable bonds is 8. The van der Waals surface area contributed by atoms with Crippen molar-refractivity contribution in [3.05, 3.63) is 82.7 Å². The third kappa shape index (κ3) is 4.41. The predicted molar refractivity (Wildman–Crippen MR) is 117 cm³/mol. The molecule has 0 atom stereocenters. The summed E-state index contributed by atoms with van der Waals surface area (Å²) in [5, 5.41) is 11.6. The van der Waals surface area contributed by atoms with Gasteiger partial charge >= 0.3 is 5.88 Å². The molecular formula is C22H19N3O5S. The van der Waals surface area contributed by atoms with Gasteiger partial charge in [-0.25, -0.2) is 4.98 Å². The largest absolute Gasteiger partial charge is 0.497 e. The van der Waals surface area contributed by atoms with Gasteiger partial charge in [0.1, 0.15) is 22.2 Å². The highest BCUT2D eigenvalue weighted by molar-refractivity contribution is 7.98. The van der Waals surface area contributed by atoms with Crippen molar-refractivity contribution in [2.45, 2.75) is 10.9 Å². The van der Waals surface area contributed by atoms with Crippen LogP contribution in [0.2, 0.25) is 0 Å². The van der Waals surface area contributed by atoms with Gasteiger partial charge in [0.15, 0.2) is 5.16 Å². The fourth-order valence-electron chi connectivity index (χ4n) is 3.08. The van der Waals surface area contributed by atoms with Crippen LogP contribution in [-0.4, -0.2) is 28.7 Å². The number of methoxy groups -OCH3 is 2. The lowest BCUT2D eigenvalue weighted by molar-refractivity contribution is -0.402. The third-order valence-corrected chi connectivity index (χ3v) is 5.57. The zero-order valence-electron chi connectivity index (χ0n) is 16.8. The summed E-state index contributed by atoms with van der Waals surface area (Å²) in [5.41, 5.74) is 2.75. The molecule has 4 rings (SSSR count). The summed E-state index contributed by atoms with van der Waals surface area (Å²) >= 11 is 1.43. The van der Waals surface area contributed by atoms with Crippen LogP contribution in [0.1, 0.15) is 5.76 Å². The molecule has 0 unspecified atom stereocenters. The molecule has 4 aromatic rings. The van der Waals surface area contributed by atoms with Crippen molar-refractivity contribution >= 4 is 17.6 Å². The molecule has 8 nitrogen and oxygen atoms in total. The predicted octanol–water partition coefficient (Wildman–Crippen LogP) is 5.35. The SMILES string of the molecule is COc1ccc(-c2cnc(SCc3ccc([N+](=O)[O-])o3)n2-c2cccc(OC)c2)cc1. The zero-order chi connectivity index (χ0) is 21.8. The normalized spacial score (nSPS) is 10.8. The van der Waals surface area contributed by atoms with Crippen molar-refractivity contribution in [2.24, 2.45) is 0 Å². The smallest absolute Gasteiger partial charge is 0.433 e. The van der Waals surface area contributed by atoms with E-state index < -0.39 is 4.92 Å². The molecule has 0 bridgehead atoms. The quantitative estimate of drug-likeness (QED) is 0.208. The van der Waals surface area contributed by atoms with Gasteiger partial charge in [0.05, 0.1) is 43.6 Å². The third-order valence-electron chi connectivity index (χ3n) is 4.60. The summed E-state index contributed by atoms with van der Waals surface area (Å²) in [4.78, 5) is 14.9. The Morgan fingerprint density at radius 2 is 1.84 bits per heavy atom. The molecule has 31 heavy (non-hydrogen) atoms. The fourth-order valence-corrected chi connectivity index (χ4v) is 3.97. The lowest BCUT2D eigenvalue weighted by Gasteiger charge is -2.13. The van der Waals surface area contributed by atoms with E-state index in [-0.39, 0.29) is 5.88 Å². The number of hydrogen-bond acceptors (Lipinski definition) is 7. The van der Waals surface area contributed by atoms with Crippen LogP contribution >= 0.6 is 11.8 Å². The molecule has 0 aliphatic rings. The standard InChI is InChI=1S/C22H19N3O5S/c1-28-17-8-6-15(7-9-17)20-13-23-22(24(20)16-4-3-5-18(12-16)29-2)31-14-19-10-11-21(30-19)25(26)27/h3-13H,14H2,1-2H3. The molecule has 2 aromatic heterocycles. The summed E-state index contributed by atoms with van der Waals surface area (Å²) < 4.78 is 17.9. The molecule has 0 radical (unpaired) electrons. The maximum Gasteiger partial charge on any atom is 0.433 e. The van der Waals surface area contributed by atoms with Crippen molar-refractivity contribution in [3.63, 3.8) is 0 Å². The number of imidazole rings is 1. The van der Waals surface area contributed by atoms with Crippen molar-refractivity contribution in [2.75, 3.05) is 14.2 Å². The minimum absolute atomic E-state index is 0.273. The van der Waals surface area contributed by atoms with E-state index in [0.717, 1.165) is 33.6 Å². The minimum Gasteiger partial charge on any atom is -0.497 e. The summed E-state index contributed by atoms with van der Waals surface area (Å²) in [5.74, 6) is 2.12. The van der Waals surface area contributed by atoms with E-state index >= 15 is 0 Å². The van der Waals surface area contributed by atoms with E-state index in [0.29, 0.717) is 11.5 Å². The Kier molecular flexibility index (Phi) is 5.94. The van der Waals surface area contributed by atoms with Gasteiger partial charge in [-0.05, 0) is 42.5 Å². The number of benzene rings is 2. The van der Waals surface area contributed by atoms with Crippen LogP contribution in [0.4, 0.5) is 5.88 Å². The number of ether oxygens (including phenoxy) is 2. The van der Waals surface area contributed by atoms with E-state index in [2.05, 4.69) is 4.98 Å². The first-order valence-electron chi connectivity index (χ1n) is 9.31. The highest BCUT2D eigenvalue weighted by atomic mass is 32.2.